The van der Waals surface area contributed by atoms with E-state index in [-0.39, 0.29) is 5.97 Å². The molecule has 1 heterocycles. The smallest absolute Gasteiger partial charge is 0.305 e. The van der Waals surface area contributed by atoms with Crippen molar-refractivity contribution in [2.45, 2.75) is 103 Å². The maximum Gasteiger partial charge on any atom is 0.305 e. The Morgan fingerprint density at radius 3 is 2.10 bits per heavy atom. The van der Waals surface area contributed by atoms with Gasteiger partial charge in [0.05, 0.1) is 18.8 Å². The maximum atomic E-state index is 11.3. The molecule has 1 aliphatic heterocycles. The number of esters is 1. The van der Waals surface area contributed by atoms with E-state index in [0.717, 1.165) is 19.3 Å². The number of hydrogen-bond donors (Lipinski definition) is 0. The van der Waals surface area contributed by atoms with E-state index in [2.05, 4.69) is 6.92 Å². The summed E-state index contributed by atoms with van der Waals surface area (Å²) < 4.78 is 10.8. The molecule has 0 radical (unpaired) electrons. The normalized spacial score (nSPS) is 20.5. The van der Waals surface area contributed by atoms with Gasteiger partial charge >= 0.3 is 5.97 Å². The molecule has 21 heavy (non-hydrogen) atoms. The quantitative estimate of drug-likeness (QED) is 0.257. The second-order valence-electron chi connectivity index (χ2n) is 6.24. The number of epoxide rings is 1. The Bertz CT molecular complexity index is 265. The summed E-state index contributed by atoms with van der Waals surface area (Å²) >= 11 is 0. The highest BCUT2D eigenvalue weighted by atomic mass is 16.6. The van der Waals surface area contributed by atoms with Crippen LogP contribution >= 0.6 is 0 Å². The highest BCUT2D eigenvalue weighted by Crippen LogP contribution is 2.31. The van der Waals surface area contributed by atoms with Crippen molar-refractivity contribution in [3.05, 3.63) is 0 Å². The number of carbonyl (C=O) groups is 1. The second-order valence-corrected chi connectivity index (χ2v) is 6.24. The number of ether oxygens (including phenoxy) is 2. The molecule has 2 atom stereocenters. The van der Waals surface area contributed by atoms with Gasteiger partial charge in [-0.1, -0.05) is 58.8 Å². The molecule has 1 fully saturated rings. The van der Waals surface area contributed by atoms with Crippen LogP contribution in [0.25, 0.3) is 0 Å². The summed E-state index contributed by atoms with van der Waals surface area (Å²) in [4.78, 5) is 11.3. The summed E-state index contributed by atoms with van der Waals surface area (Å²) in [6, 6.07) is 0. The van der Waals surface area contributed by atoms with Gasteiger partial charge in [0.25, 0.3) is 0 Å². The van der Waals surface area contributed by atoms with Crippen LogP contribution in [0.3, 0.4) is 0 Å². The summed E-state index contributed by atoms with van der Waals surface area (Å²) in [6.07, 6.45) is 15.0. The van der Waals surface area contributed by atoms with Crippen LogP contribution in [0.4, 0.5) is 0 Å². The van der Waals surface area contributed by atoms with Gasteiger partial charge < -0.3 is 9.47 Å². The lowest BCUT2D eigenvalue weighted by atomic mass is 10.0. The van der Waals surface area contributed by atoms with Crippen LogP contribution < -0.4 is 0 Å². The lowest BCUT2D eigenvalue weighted by molar-refractivity contribution is -0.143. The minimum absolute atomic E-state index is 0.0329. The van der Waals surface area contributed by atoms with Crippen LogP contribution in [-0.4, -0.2) is 24.8 Å². The molecule has 0 aliphatic carbocycles. The van der Waals surface area contributed by atoms with Crippen molar-refractivity contribution in [2.75, 3.05) is 6.61 Å². The van der Waals surface area contributed by atoms with Crippen LogP contribution in [0.2, 0.25) is 0 Å². The number of rotatable bonds is 14. The van der Waals surface area contributed by atoms with Gasteiger partial charge in [-0.2, -0.15) is 0 Å². The Balaban J connectivity index is 1.80. The first-order valence-corrected chi connectivity index (χ1v) is 9.09. The summed E-state index contributed by atoms with van der Waals surface area (Å²) in [5, 5.41) is 0. The van der Waals surface area contributed by atoms with Gasteiger partial charge in [-0.3, -0.25) is 4.79 Å². The van der Waals surface area contributed by atoms with E-state index in [9.17, 15) is 4.79 Å². The highest BCUT2D eigenvalue weighted by Gasteiger charge is 2.36. The van der Waals surface area contributed by atoms with Gasteiger partial charge in [0, 0.05) is 6.42 Å². The zero-order valence-corrected chi connectivity index (χ0v) is 14.1. The molecule has 0 bridgehead atoms. The van der Waals surface area contributed by atoms with Crippen molar-refractivity contribution in [1.29, 1.82) is 0 Å². The number of unbranched alkanes of at least 4 members (excludes halogenated alkanes) is 6. The topological polar surface area (TPSA) is 38.8 Å². The average Bonchev–Trinajstić information content (AvgIpc) is 3.23. The van der Waals surface area contributed by atoms with E-state index in [1.54, 1.807) is 0 Å². The van der Waals surface area contributed by atoms with Gasteiger partial charge in [0.1, 0.15) is 0 Å². The predicted molar refractivity (Wildman–Crippen MR) is 86.4 cm³/mol. The van der Waals surface area contributed by atoms with Crippen molar-refractivity contribution in [3.8, 4) is 0 Å². The van der Waals surface area contributed by atoms with E-state index in [1.807, 2.05) is 6.92 Å². The molecule has 3 nitrogen and oxygen atoms in total. The van der Waals surface area contributed by atoms with E-state index in [1.165, 1.54) is 51.4 Å². The van der Waals surface area contributed by atoms with Crippen LogP contribution in [0.15, 0.2) is 0 Å². The molecular formula is C18H34O3. The standard InChI is InChI=1S/C18H34O3/c1-3-5-6-9-12-16-17(21-16)13-10-7-8-11-14-18(19)20-15-4-2/h16-17H,3-15H2,1-2H3. The lowest BCUT2D eigenvalue weighted by Gasteiger charge is -2.02. The summed E-state index contributed by atoms with van der Waals surface area (Å²) in [7, 11) is 0. The maximum absolute atomic E-state index is 11.3. The van der Waals surface area contributed by atoms with Gasteiger partial charge in [-0.25, -0.2) is 0 Å². The molecule has 0 saturated carbocycles. The van der Waals surface area contributed by atoms with Gasteiger partial charge in [-0.15, -0.1) is 0 Å². The highest BCUT2D eigenvalue weighted by molar-refractivity contribution is 5.69. The molecule has 0 spiro atoms. The van der Waals surface area contributed by atoms with Crippen LogP contribution in [-0.2, 0) is 14.3 Å². The lowest BCUT2D eigenvalue weighted by Crippen LogP contribution is -2.04. The third-order valence-electron chi connectivity index (χ3n) is 4.12. The van der Waals surface area contributed by atoms with Crippen molar-refractivity contribution in [2.24, 2.45) is 0 Å². The molecule has 0 aromatic carbocycles. The molecule has 0 aromatic heterocycles. The Kier molecular flexibility index (Phi) is 10.6. The SMILES string of the molecule is CCCCCCC1OC1CCCCCCC(=O)OCCC. The third-order valence-corrected chi connectivity index (χ3v) is 4.12. The fourth-order valence-corrected chi connectivity index (χ4v) is 2.72. The molecule has 1 saturated heterocycles. The van der Waals surface area contributed by atoms with Gasteiger partial charge in [-0.05, 0) is 25.7 Å². The van der Waals surface area contributed by atoms with Crippen LogP contribution in [0, 0.1) is 0 Å². The fraction of sp³-hybridized carbons (Fsp3) is 0.944. The molecule has 0 aromatic rings. The minimum atomic E-state index is -0.0329. The predicted octanol–water partition coefficient (Wildman–Crippen LogP) is 5.02. The van der Waals surface area contributed by atoms with Gasteiger partial charge in [0.2, 0.25) is 0 Å². The van der Waals surface area contributed by atoms with Crippen molar-refractivity contribution < 1.29 is 14.3 Å². The molecule has 3 heteroatoms. The first kappa shape index (κ1) is 18.5. The Labute approximate surface area is 130 Å². The number of hydrogen-bond acceptors (Lipinski definition) is 3. The Hall–Kier alpha value is -0.570. The van der Waals surface area contributed by atoms with E-state index < -0.39 is 0 Å². The average molecular weight is 298 g/mol. The molecule has 124 valence electrons. The monoisotopic (exact) mass is 298 g/mol. The van der Waals surface area contributed by atoms with E-state index >= 15 is 0 Å². The summed E-state index contributed by atoms with van der Waals surface area (Å²) in [5.41, 5.74) is 0. The Morgan fingerprint density at radius 1 is 0.857 bits per heavy atom. The van der Waals surface area contributed by atoms with Crippen LogP contribution in [0.1, 0.15) is 90.9 Å². The Morgan fingerprint density at radius 2 is 1.48 bits per heavy atom. The molecule has 2 unspecified atom stereocenters. The first-order valence-electron chi connectivity index (χ1n) is 9.09. The zero-order chi connectivity index (χ0) is 15.3. The van der Waals surface area contributed by atoms with Crippen molar-refractivity contribution in [3.63, 3.8) is 0 Å². The first-order chi connectivity index (χ1) is 10.3. The molecule has 1 rings (SSSR count). The largest absolute Gasteiger partial charge is 0.466 e. The van der Waals surface area contributed by atoms with E-state index in [0.29, 0.717) is 25.2 Å². The third kappa shape index (κ3) is 9.89. The molecule has 0 amide bonds. The summed E-state index contributed by atoms with van der Waals surface area (Å²) in [6.45, 7) is 4.84. The van der Waals surface area contributed by atoms with Crippen molar-refractivity contribution in [1.82, 2.24) is 0 Å². The van der Waals surface area contributed by atoms with Gasteiger partial charge in [0.15, 0.2) is 0 Å². The fourth-order valence-electron chi connectivity index (χ4n) is 2.72. The van der Waals surface area contributed by atoms with E-state index in [4.69, 9.17) is 9.47 Å². The summed E-state index contributed by atoms with van der Waals surface area (Å²) in [5.74, 6) is -0.0329. The molecular weight excluding hydrogens is 264 g/mol. The minimum Gasteiger partial charge on any atom is -0.466 e. The second kappa shape index (κ2) is 12.0. The van der Waals surface area contributed by atoms with Crippen LogP contribution in [0.5, 0.6) is 0 Å². The van der Waals surface area contributed by atoms with Crippen molar-refractivity contribution >= 4 is 5.97 Å². The molecule has 0 N–H and O–H groups in total. The zero-order valence-electron chi connectivity index (χ0n) is 14.1. The number of carbonyl (C=O) groups excluding carboxylic acids is 1. The molecule has 1 aliphatic rings.